The number of rotatable bonds is 6. The normalized spacial score (nSPS) is 10.5. The van der Waals surface area contributed by atoms with Crippen molar-refractivity contribution in [2.75, 3.05) is 11.9 Å². The molecule has 16 heavy (non-hydrogen) atoms. The van der Waals surface area contributed by atoms with Crippen LogP contribution < -0.4 is 5.32 Å². The monoisotopic (exact) mass is 323 g/mol. The fourth-order valence-corrected chi connectivity index (χ4v) is 2.82. The van der Waals surface area contributed by atoms with E-state index in [1.54, 1.807) is 0 Å². The lowest BCUT2D eigenvalue weighted by atomic mass is 10.2. The van der Waals surface area contributed by atoms with Gasteiger partial charge in [-0.3, -0.25) is 0 Å². The Hall–Kier alpha value is 0.0800. The third-order valence-electron chi connectivity index (χ3n) is 2.34. The third kappa shape index (κ3) is 4.52. The minimum atomic E-state index is 0.662. The van der Waals surface area contributed by atoms with Crippen molar-refractivity contribution in [3.63, 3.8) is 0 Å². The predicted octanol–water partition coefficient (Wildman–Crippen LogP) is 5.75. The summed E-state index contributed by atoms with van der Waals surface area (Å²) >= 11 is 15.5. The van der Waals surface area contributed by atoms with Crippen LogP contribution in [0, 0.1) is 0 Å². The maximum absolute atomic E-state index is 6.10. The first-order valence-corrected chi connectivity index (χ1v) is 7.08. The zero-order chi connectivity index (χ0) is 12.0. The van der Waals surface area contributed by atoms with Crippen LogP contribution in [0.2, 0.25) is 10.0 Å². The smallest absolute Gasteiger partial charge is 0.0719 e. The molecular formula is C12H16BrCl2N. The average Bonchev–Trinajstić information content (AvgIpc) is 2.20. The van der Waals surface area contributed by atoms with Crippen molar-refractivity contribution >= 4 is 44.8 Å². The molecule has 1 aromatic carbocycles. The summed E-state index contributed by atoms with van der Waals surface area (Å²) in [6, 6.07) is 3.70. The summed E-state index contributed by atoms with van der Waals surface area (Å²) in [5.74, 6) is 0. The van der Waals surface area contributed by atoms with Gasteiger partial charge in [-0.1, -0.05) is 65.3 Å². The van der Waals surface area contributed by atoms with Gasteiger partial charge in [0.1, 0.15) is 0 Å². The Bertz CT molecular complexity index is 319. The topological polar surface area (TPSA) is 12.0 Å². The molecule has 0 spiro atoms. The SMILES string of the molecule is CCCCCCNc1c(Cl)cc(Br)cc1Cl. The first-order valence-electron chi connectivity index (χ1n) is 5.53. The number of halogens is 3. The van der Waals surface area contributed by atoms with Crippen LogP contribution in [0.1, 0.15) is 32.6 Å². The van der Waals surface area contributed by atoms with E-state index in [9.17, 15) is 0 Å². The van der Waals surface area contributed by atoms with Gasteiger partial charge in [0.2, 0.25) is 0 Å². The molecule has 1 N–H and O–H groups in total. The minimum Gasteiger partial charge on any atom is -0.383 e. The van der Waals surface area contributed by atoms with Gasteiger partial charge in [0.25, 0.3) is 0 Å². The summed E-state index contributed by atoms with van der Waals surface area (Å²) in [5.41, 5.74) is 0.836. The third-order valence-corrected chi connectivity index (χ3v) is 3.39. The summed E-state index contributed by atoms with van der Waals surface area (Å²) in [7, 11) is 0. The maximum atomic E-state index is 6.10. The van der Waals surface area contributed by atoms with Gasteiger partial charge in [-0.2, -0.15) is 0 Å². The van der Waals surface area contributed by atoms with Gasteiger partial charge in [-0.15, -0.1) is 0 Å². The molecule has 90 valence electrons. The fraction of sp³-hybridized carbons (Fsp3) is 0.500. The van der Waals surface area contributed by atoms with E-state index in [-0.39, 0.29) is 0 Å². The Balaban J connectivity index is 2.47. The van der Waals surface area contributed by atoms with Gasteiger partial charge in [-0.05, 0) is 18.6 Å². The number of unbranched alkanes of at least 4 members (excludes halogenated alkanes) is 3. The molecule has 0 aliphatic carbocycles. The Labute approximate surface area is 116 Å². The lowest BCUT2D eigenvalue weighted by molar-refractivity contribution is 0.685. The van der Waals surface area contributed by atoms with Crippen molar-refractivity contribution < 1.29 is 0 Å². The van der Waals surface area contributed by atoms with E-state index in [4.69, 9.17) is 23.2 Å². The summed E-state index contributed by atoms with van der Waals surface area (Å²) in [6.07, 6.45) is 4.93. The van der Waals surface area contributed by atoms with Crippen molar-refractivity contribution in [1.29, 1.82) is 0 Å². The van der Waals surface area contributed by atoms with Crippen LogP contribution in [0.5, 0.6) is 0 Å². The first-order chi connectivity index (χ1) is 7.65. The van der Waals surface area contributed by atoms with Crippen LogP contribution in [0.15, 0.2) is 16.6 Å². The second-order valence-electron chi connectivity index (χ2n) is 3.73. The quantitative estimate of drug-likeness (QED) is 0.657. The van der Waals surface area contributed by atoms with E-state index in [2.05, 4.69) is 28.2 Å². The molecule has 1 rings (SSSR count). The van der Waals surface area contributed by atoms with Gasteiger partial charge in [0.05, 0.1) is 15.7 Å². The highest BCUT2D eigenvalue weighted by atomic mass is 79.9. The predicted molar refractivity (Wildman–Crippen MR) is 76.8 cm³/mol. The molecule has 0 aliphatic rings. The van der Waals surface area contributed by atoms with Crippen molar-refractivity contribution in [1.82, 2.24) is 0 Å². The molecule has 0 unspecified atom stereocenters. The van der Waals surface area contributed by atoms with Crippen LogP contribution in [0.3, 0.4) is 0 Å². The minimum absolute atomic E-state index is 0.662. The molecule has 0 aromatic heterocycles. The summed E-state index contributed by atoms with van der Waals surface area (Å²) < 4.78 is 0.902. The fourth-order valence-electron chi connectivity index (χ4n) is 1.48. The zero-order valence-electron chi connectivity index (χ0n) is 9.32. The lowest BCUT2D eigenvalue weighted by Crippen LogP contribution is -2.02. The van der Waals surface area contributed by atoms with Crippen molar-refractivity contribution in [3.8, 4) is 0 Å². The lowest BCUT2D eigenvalue weighted by Gasteiger charge is -2.10. The van der Waals surface area contributed by atoms with Crippen molar-refractivity contribution in [3.05, 3.63) is 26.7 Å². The highest BCUT2D eigenvalue weighted by molar-refractivity contribution is 9.10. The average molecular weight is 325 g/mol. The standard InChI is InChI=1S/C12H16BrCl2N/c1-2-3-4-5-6-16-12-10(14)7-9(13)8-11(12)15/h7-8,16H,2-6H2,1H3. The molecule has 0 saturated heterocycles. The molecule has 1 nitrogen and oxygen atoms in total. The highest BCUT2D eigenvalue weighted by Crippen LogP contribution is 2.33. The molecule has 4 heteroatoms. The summed E-state index contributed by atoms with van der Waals surface area (Å²) in [4.78, 5) is 0. The Morgan fingerprint density at radius 1 is 1.12 bits per heavy atom. The summed E-state index contributed by atoms with van der Waals surface area (Å²) in [6.45, 7) is 3.12. The van der Waals surface area contributed by atoms with E-state index < -0.39 is 0 Å². The Morgan fingerprint density at radius 2 is 1.75 bits per heavy atom. The van der Waals surface area contributed by atoms with Gasteiger partial charge < -0.3 is 5.32 Å². The number of nitrogens with one attached hydrogen (secondary N) is 1. The molecule has 0 amide bonds. The maximum Gasteiger partial charge on any atom is 0.0719 e. The largest absolute Gasteiger partial charge is 0.383 e. The molecule has 0 fully saturated rings. The van der Waals surface area contributed by atoms with E-state index in [1.807, 2.05) is 12.1 Å². The highest BCUT2D eigenvalue weighted by Gasteiger charge is 2.06. The van der Waals surface area contributed by atoms with E-state index in [0.717, 1.165) is 23.1 Å². The molecule has 0 saturated carbocycles. The molecule has 1 aromatic rings. The van der Waals surface area contributed by atoms with Crippen LogP contribution >= 0.6 is 39.1 Å². The molecule has 0 heterocycles. The number of hydrogen-bond donors (Lipinski definition) is 1. The first kappa shape index (κ1) is 14.1. The molecule has 0 radical (unpaired) electrons. The van der Waals surface area contributed by atoms with Crippen LogP contribution in [-0.4, -0.2) is 6.54 Å². The van der Waals surface area contributed by atoms with E-state index in [1.165, 1.54) is 19.3 Å². The second kappa shape index (κ2) is 7.41. The Morgan fingerprint density at radius 3 is 2.31 bits per heavy atom. The van der Waals surface area contributed by atoms with Crippen LogP contribution in [0.4, 0.5) is 5.69 Å². The molecule has 0 aliphatic heterocycles. The van der Waals surface area contributed by atoms with Crippen molar-refractivity contribution in [2.45, 2.75) is 32.6 Å². The van der Waals surface area contributed by atoms with Crippen LogP contribution in [-0.2, 0) is 0 Å². The summed E-state index contributed by atoms with van der Waals surface area (Å²) in [5, 5.41) is 4.61. The number of anilines is 1. The molecule has 0 bridgehead atoms. The van der Waals surface area contributed by atoms with E-state index >= 15 is 0 Å². The second-order valence-corrected chi connectivity index (χ2v) is 5.46. The Kier molecular flexibility index (Phi) is 6.55. The van der Waals surface area contributed by atoms with Gasteiger partial charge in [0, 0.05) is 11.0 Å². The van der Waals surface area contributed by atoms with Crippen LogP contribution in [0.25, 0.3) is 0 Å². The number of benzene rings is 1. The molecular weight excluding hydrogens is 309 g/mol. The van der Waals surface area contributed by atoms with Crippen molar-refractivity contribution in [2.24, 2.45) is 0 Å². The molecule has 0 atom stereocenters. The van der Waals surface area contributed by atoms with Gasteiger partial charge >= 0.3 is 0 Å². The van der Waals surface area contributed by atoms with Gasteiger partial charge in [0.15, 0.2) is 0 Å². The zero-order valence-corrected chi connectivity index (χ0v) is 12.4. The van der Waals surface area contributed by atoms with Gasteiger partial charge in [-0.25, -0.2) is 0 Å². The van der Waals surface area contributed by atoms with E-state index in [0.29, 0.717) is 10.0 Å². The number of hydrogen-bond acceptors (Lipinski definition) is 1.